The van der Waals surface area contributed by atoms with E-state index in [1.165, 1.54) is 0 Å². The van der Waals surface area contributed by atoms with Gasteiger partial charge < -0.3 is 5.32 Å². The normalized spacial score (nSPS) is 10.5. The molecule has 0 aliphatic heterocycles. The van der Waals surface area contributed by atoms with Gasteiger partial charge in [0.25, 0.3) is 5.91 Å². The highest BCUT2D eigenvalue weighted by atomic mass is 32.1. The molecular formula is C10H13N5OS. The number of aromatic amines is 1. The molecule has 1 amide bonds. The SMILES string of the molecule is Cc1csc(CCNC(=O)c2n[nH]c(C)n2)n1. The molecule has 6 nitrogen and oxygen atoms in total. The predicted molar refractivity (Wildman–Crippen MR) is 64.0 cm³/mol. The second kappa shape index (κ2) is 5.05. The van der Waals surface area contributed by atoms with Gasteiger partial charge in [-0.1, -0.05) is 0 Å². The fourth-order valence-corrected chi connectivity index (χ4v) is 2.10. The first-order valence-corrected chi connectivity index (χ1v) is 6.11. The van der Waals surface area contributed by atoms with E-state index < -0.39 is 0 Å². The lowest BCUT2D eigenvalue weighted by atomic mass is 10.4. The van der Waals surface area contributed by atoms with Crippen LogP contribution in [0.5, 0.6) is 0 Å². The Hall–Kier alpha value is -1.76. The minimum Gasteiger partial charge on any atom is -0.349 e. The Kier molecular flexibility index (Phi) is 3.48. The standard InChI is InChI=1S/C10H13N5OS/c1-6-5-17-8(12-6)3-4-11-10(16)9-13-7(2)14-15-9/h5H,3-4H2,1-2H3,(H,11,16)(H,13,14,15). The van der Waals surface area contributed by atoms with Crippen molar-refractivity contribution in [3.63, 3.8) is 0 Å². The van der Waals surface area contributed by atoms with Gasteiger partial charge in [0.05, 0.1) is 5.01 Å². The lowest BCUT2D eigenvalue weighted by Crippen LogP contribution is -2.26. The van der Waals surface area contributed by atoms with Crippen LogP contribution in [0.2, 0.25) is 0 Å². The number of thiazole rings is 1. The van der Waals surface area contributed by atoms with Crippen LogP contribution in [0.15, 0.2) is 5.38 Å². The molecule has 0 saturated carbocycles. The van der Waals surface area contributed by atoms with Crippen LogP contribution in [0.3, 0.4) is 0 Å². The largest absolute Gasteiger partial charge is 0.349 e. The number of aryl methyl sites for hydroxylation is 2. The van der Waals surface area contributed by atoms with E-state index in [0.717, 1.165) is 17.1 Å². The summed E-state index contributed by atoms with van der Waals surface area (Å²) in [6.07, 6.45) is 0.730. The Bertz CT molecular complexity index is 518. The molecule has 0 aliphatic rings. The molecule has 2 aromatic rings. The van der Waals surface area contributed by atoms with E-state index in [4.69, 9.17) is 0 Å². The minimum absolute atomic E-state index is 0.179. The lowest BCUT2D eigenvalue weighted by molar-refractivity contribution is 0.0944. The second-order valence-electron chi connectivity index (χ2n) is 3.63. The monoisotopic (exact) mass is 251 g/mol. The van der Waals surface area contributed by atoms with Crippen LogP contribution in [0, 0.1) is 13.8 Å². The highest BCUT2D eigenvalue weighted by molar-refractivity contribution is 7.09. The van der Waals surface area contributed by atoms with E-state index in [0.29, 0.717) is 12.4 Å². The smallest absolute Gasteiger partial charge is 0.290 e. The van der Waals surface area contributed by atoms with Gasteiger partial charge in [0.15, 0.2) is 0 Å². The molecule has 90 valence electrons. The molecule has 17 heavy (non-hydrogen) atoms. The van der Waals surface area contributed by atoms with E-state index in [9.17, 15) is 4.79 Å². The highest BCUT2D eigenvalue weighted by Crippen LogP contribution is 2.08. The van der Waals surface area contributed by atoms with Crippen LogP contribution in [0.25, 0.3) is 0 Å². The molecule has 0 fully saturated rings. The van der Waals surface area contributed by atoms with Crippen molar-refractivity contribution in [1.29, 1.82) is 0 Å². The number of H-pyrrole nitrogens is 1. The lowest BCUT2D eigenvalue weighted by Gasteiger charge is -1.99. The summed E-state index contributed by atoms with van der Waals surface area (Å²) in [7, 11) is 0. The van der Waals surface area contributed by atoms with Gasteiger partial charge in [-0.3, -0.25) is 9.89 Å². The fraction of sp³-hybridized carbons (Fsp3) is 0.400. The zero-order chi connectivity index (χ0) is 12.3. The number of nitrogens with zero attached hydrogens (tertiary/aromatic N) is 3. The zero-order valence-electron chi connectivity index (χ0n) is 9.65. The van der Waals surface area contributed by atoms with E-state index in [-0.39, 0.29) is 11.7 Å². The first-order chi connectivity index (χ1) is 8.15. The van der Waals surface area contributed by atoms with Crippen molar-refractivity contribution in [1.82, 2.24) is 25.5 Å². The van der Waals surface area contributed by atoms with Crippen molar-refractivity contribution >= 4 is 17.2 Å². The molecule has 0 spiro atoms. The molecule has 0 aliphatic carbocycles. The number of nitrogens with one attached hydrogen (secondary N) is 2. The van der Waals surface area contributed by atoms with Crippen molar-refractivity contribution in [3.8, 4) is 0 Å². The third-order valence-electron chi connectivity index (χ3n) is 2.09. The summed E-state index contributed by atoms with van der Waals surface area (Å²) >= 11 is 1.60. The summed E-state index contributed by atoms with van der Waals surface area (Å²) in [4.78, 5) is 19.8. The van der Waals surface area contributed by atoms with Crippen LogP contribution in [0.4, 0.5) is 0 Å². The molecule has 7 heteroatoms. The quantitative estimate of drug-likeness (QED) is 0.843. The number of hydrogen-bond acceptors (Lipinski definition) is 5. The molecule has 0 atom stereocenters. The Balaban J connectivity index is 1.81. The van der Waals surface area contributed by atoms with E-state index in [2.05, 4.69) is 25.5 Å². The van der Waals surface area contributed by atoms with Gasteiger partial charge >= 0.3 is 0 Å². The van der Waals surface area contributed by atoms with Crippen LogP contribution in [-0.4, -0.2) is 32.6 Å². The van der Waals surface area contributed by atoms with E-state index in [1.54, 1.807) is 18.3 Å². The van der Waals surface area contributed by atoms with Gasteiger partial charge in [-0.15, -0.1) is 16.4 Å². The summed E-state index contributed by atoms with van der Waals surface area (Å²) in [5.74, 6) is 0.547. The van der Waals surface area contributed by atoms with Gasteiger partial charge in [0.1, 0.15) is 5.82 Å². The molecule has 0 unspecified atom stereocenters. The maximum Gasteiger partial charge on any atom is 0.290 e. The molecule has 2 heterocycles. The van der Waals surface area contributed by atoms with Crippen LogP contribution in [0.1, 0.15) is 27.1 Å². The van der Waals surface area contributed by atoms with Crippen molar-refractivity contribution < 1.29 is 4.79 Å². The number of aromatic nitrogens is 4. The number of rotatable bonds is 4. The molecule has 2 rings (SSSR count). The van der Waals surface area contributed by atoms with Gasteiger partial charge in [-0.05, 0) is 13.8 Å². The first kappa shape index (κ1) is 11.7. The Morgan fingerprint density at radius 1 is 1.47 bits per heavy atom. The third-order valence-corrected chi connectivity index (χ3v) is 3.12. The average molecular weight is 251 g/mol. The van der Waals surface area contributed by atoms with Crippen molar-refractivity contribution in [2.45, 2.75) is 20.3 Å². The first-order valence-electron chi connectivity index (χ1n) is 5.23. The Morgan fingerprint density at radius 2 is 2.29 bits per heavy atom. The number of amides is 1. The van der Waals surface area contributed by atoms with Crippen molar-refractivity contribution in [2.75, 3.05) is 6.54 Å². The molecule has 0 saturated heterocycles. The number of hydrogen-bond donors (Lipinski definition) is 2. The van der Waals surface area contributed by atoms with Gasteiger partial charge in [-0.2, -0.15) is 0 Å². The Labute approximate surface area is 103 Å². The second-order valence-corrected chi connectivity index (χ2v) is 4.58. The number of carbonyl (C=O) groups is 1. The van der Waals surface area contributed by atoms with Gasteiger partial charge in [-0.25, -0.2) is 9.97 Å². The van der Waals surface area contributed by atoms with Crippen LogP contribution < -0.4 is 5.32 Å². The molecule has 2 N–H and O–H groups in total. The van der Waals surface area contributed by atoms with E-state index in [1.807, 2.05) is 12.3 Å². The summed E-state index contributed by atoms with van der Waals surface area (Å²) in [5, 5.41) is 12.2. The van der Waals surface area contributed by atoms with Gasteiger partial charge in [0.2, 0.25) is 5.82 Å². The fourth-order valence-electron chi connectivity index (χ4n) is 1.32. The van der Waals surface area contributed by atoms with Crippen molar-refractivity contribution in [2.24, 2.45) is 0 Å². The summed E-state index contributed by atoms with van der Waals surface area (Å²) in [5.41, 5.74) is 1.01. The zero-order valence-corrected chi connectivity index (χ0v) is 10.5. The molecule has 0 aromatic carbocycles. The third kappa shape index (κ3) is 3.10. The molecule has 2 aromatic heterocycles. The minimum atomic E-state index is -0.261. The topological polar surface area (TPSA) is 83.6 Å². The number of carbonyl (C=O) groups excluding carboxylic acids is 1. The average Bonchev–Trinajstić information content (AvgIpc) is 2.88. The van der Waals surface area contributed by atoms with Crippen molar-refractivity contribution in [3.05, 3.63) is 27.7 Å². The maximum atomic E-state index is 11.6. The molecular weight excluding hydrogens is 238 g/mol. The molecule has 0 bridgehead atoms. The highest BCUT2D eigenvalue weighted by Gasteiger charge is 2.10. The summed E-state index contributed by atoms with van der Waals surface area (Å²) in [6.45, 7) is 4.25. The van der Waals surface area contributed by atoms with Gasteiger partial charge in [0, 0.05) is 24.0 Å². The Morgan fingerprint density at radius 3 is 2.88 bits per heavy atom. The maximum absolute atomic E-state index is 11.6. The predicted octanol–water partition coefficient (Wildman–Crippen LogP) is 0.851. The van der Waals surface area contributed by atoms with Crippen LogP contribution in [-0.2, 0) is 6.42 Å². The summed E-state index contributed by atoms with van der Waals surface area (Å²) < 4.78 is 0. The summed E-state index contributed by atoms with van der Waals surface area (Å²) in [6, 6.07) is 0. The van der Waals surface area contributed by atoms with E-state index >= 15 is 0 Å². The molecule has 0 radical (unpaired) electrons. The van der Waals surface area contributed by atoms with Crippen LogP contribution >= 0.6 is 11.3 Å².